The van der Waals surface area contributed by atoms with Crippen LogP contribution in [0.15, 0.2) is 47.3 Å². The Kier molecular flexibility index (Phi) is 9.83. The number of rotatable bonds is 9. The number of halogens is 1. The number of hydrogen-bond donors (Lipinski definition) is 3. The number of piperazine rings is 1. The maximum Gasteiger partial charge on any atom is 0.270 e. The van der Waals surface area contributed by atoms with E-state index in [1.165, 1.54) is 16.8 Å². The summed E-state index contributed by atoms with van der Waals surface area (Å²) in [6, 6.07) is 13.6. The molecule has 0 spiro atoms. The van der Waals surface area contributed by atoms with E-state index in [4.69, 9.17) is 0 Å². The van der Waals surface area contributed by atoms with E-state index in [0.29, 0.717) is 61.1 Å². The predicted octanol–water partition coefficient (Wildman–Crippen LogP) is 0.885. The zero-order valence-electron chi connectivity index (χ0n) is 22.8. The Morgan fingerprint density at radius 2 is 1.83 bits per heavy atom. The predicted molar refractivity (Wildman–Crippen MR) is 157 cm³/mol. The van der Waals surface area contributed by atoms with E-state index < -0.39 is 5.91 Å². The first-order chi connectivity index (χ1) is 19.8. The Morgan fingerprint density at radius 3 is 2.51 bits per heavy atom. The molecule has 11 nitrogen and oxygen atoms in total. The lowest BCUT2D eigenvalue weighted by molar-refractivity contribution is -0.117. The van der Waals surface area contributed by atoms with E-state index in [1.54, 1.807) is 44.2 Å². The number of amides is 2. The van der Waals surface area contributed by atoms with Gasteiger partial charge in [0.2, 0.25) is 5.91 Å². The van der Waals surface area contributed by atoms with Gasteiger partial charge < -0.3 is 20.9 Å². The third-order valence-corrected chi connectivity index (χ3v) is 7.54. The van der Waals surface area contributed by atoms with Gasteiger partial charge in [0.05, 0.1) is 12.2 Å². The number of nitrogens with one attached hydrogen (secondary N) is 3. The molecular weight excluding hydrogens is 547 g/mol. The van der Waals surface area contributed by atoms with Crippen LogP contribution in [0, 0.1) is 17.1 Å². The third kappa shape index (κ3) is 7.16. The van der Waals surface area contributed by atoms with E-state index in [2.05, 4.69) is 20.9 Å². The van der Waals surface area contributed by atoms with Crippen molar-refractivity contribution in [1.82, 2.24) is 19.8 Å². The minimum atomic E-state index is -0.532. The molecule has 13 heteroatoms. The van der Waals surface area contributed by atoms with Gasteiger partial charge in [-0.2, -0.15) is 5.26 Å². The molecule has 0 bridgehead atoms. The fourth-order valence-electron chi connectivity index (χ4n) is 4.40. The minimum absolute atomic E-state index is 0.119. The molecule has 0 saturated carbocycles. The average molecular weight is 579 g/mol. The lowest BCUT2D eigenvalue weighted by atomic mass is 10.2. The summed E-state index contributed by atoms with van der Waals surface area (Å²) in [6.07, 6.45) is 1.47. The van der Waals surface area contributed by atoms with Crippen LogP contribution in [0.3, 0.4) is 0 Å². The number of nitriles is 1. The number of nitrogens with zero attached hydrogens (tertiary/aromatic N) is 5. The molecular formula is C28H31FN8O3S. The van der Waals surface area contributed by atoms with Gasteiger partial charge in [-0.25, -0.2) is 9.37 Å². The van der Waals surface area contributed by atoms with E-state index in [1.807, 2.05) is 21.9 Å². The highest BCUT2D eigenvalue weighted by Crippen LogP contribution is 2.20. The summed E-state index contributed by atoms with van der Waals surface area (Å²) in [7, 11) is 0. The van der Waals surface area contributed by atoms with Crippen molar-refractivity contribution in [3.05, 3.63) is 67.8 Å². The minimum Gasteiger partial charge on any atom is -0.367 e. The Balaban J connectivity index is 1.40. The van der Waals surface area contributed by atoms with Crippen molar-refractivity contribution in [2.75, 3.05) is 54.8 Å². The molecule has 1 aliphatic heterocycles. The van der Waals surface area contributed by atoms with Crippen molar-refractivity contribution >= 4 is 52.2 Å². The van der Waals surface area contributed by atoms with Crippen LogP contribution in [0.25, 0.3) is 11.8 Å². The van der Waals surface area contributed by atoms with Gasteiger partial charge in [-0.1, -0.05) is 18.2 Å². The molecule has 1 fully saturated rings. The van der Waals surface area contributed by atoms with Crippen molar-refractivity contribution in [2.45, 2.75) is 20.4 Å². The smallest absolute Gasteiger partial charge is 0.270 e. The molecule has 1 aliphatic rings. The van der Waals surface area contributed by atoms with Crippen LogP contribution in [0.2, 0.25) is 0 Å². The quantitative estimate of drug-likeness (QED) is 0.341. The maximum absolute atomic E-state index is 14.1. The van der Waals surface area contributed by atoms with Crippen LogP contribution in [0.5, 0.6) is 0 Å². The fraction of sp³-hybridized carbons (Fsp3) is 0.321. The molecule has 3 N–H and O–H groups in total. The number of carbonyl (C=O) groups is 2. The Hall–Kier alpha value is -4.54. The maximum atomic E-state index is 14.1. The first kappa shape index (κ1) is 29.4. The number of aromatic nitrogens is 2. The highest BCUT2D eigenvalue weighted by Gasteiger charge is 2.21. The van der Waals surface area contributed by atoms with Gasteiger partial charge in [0.25, 0.3) is 11.5 Å². The summed E-state index contributed by atoms with van der Waals surface area (Å²) in [5, 5.41) is 17.9. The number of thiazole rings is 1. The number of hydrogen-bond acceptors (Lipinski definition) is 9. The number of benzene rings is 1. The second-order valence-corrected chi connectivity index (χ2v) is 10.2. The van der Waals surface area contributed by atoms with Crippen LogP contribution < -0.4 is 35.6 Å². The van der Waals surface area contributed by atoms with Gasteiger partial charge in [-0.15, -0.1) is 11.3 Å². The molecule has 1 aromatic carbocycles. The highest BCUT2D eigenvalue weighted by molar-refractivity contribution is 7.07. The van der Waals surface area contributed by atoms with Gasteiger partial charge in [0.15, 0.2) is 5.57 Å². The molecule has 4 rings (SSSR count). The van der Waals surface area contributed by atoms with E-state index in [-0.39, 0.29) is 34.1 Å². The molecule has 0 radical (unpaired) electrons. The fourth-order valence-corrected chi connectivity index (χ4v) is 5.49. The second kappa shape index (κ2) is 13.7. The first-order valence-electron chi connectivity index (χ1n) is 13.2. The normalized spacial score (nSPS) is 14.8. The molecule has 3 heterocycles. The molecule has 2 aromatic heterocycles. The van der Waals surface area contributed by atoms with Crippen molar-refractivity contribution in [1.29, 1.82) is 5.26 Å². The standard InChI is InChI=1S/C28H31FN8O3S/c1-3-31-26(39)19(16-30)28-37(4-2)27(40)22(41-28)17-32-23-10-7-11-24(33-23)34-25(38)18-35-12-14-36(15-13-35)21-9-6-5-8-20(21)29/h5-11,17H,3-4,12-15,18H2,1-2H3,(H,31,39)(H2,32,33,34,38)/b22-17+,28-19-. The molecule has 3 aromatic rings. The molecule has 214 valence electrons. The van der Waals surface area contributed by atoms with E-state index >= 15 is 0 Å². The molecule has 0 unspecified atom stereocenters. The van der Waals surface area contributed by atoms with Gasteiger partial charge in [0.1, 0.15) is 32.7 Å². The summed E-state index contributed by atoms with van der Waals surface area (Å²) in [5.74, 6) is -0.276. The molecule has 1 saturated heterocycles. The Morgan fingerprint density at radius 1 is 1.10 bits per heavy atom. The van der Waals surface area contributed by atoms with Crippen LogP contribution in [0.4, 0.5) is 21.7 Å². The topological polar surface area (TPSA) is 135 Å². The zero-order valence-corrected chi connectivity index (χ0v) is 23.6. The summed E-state index contributed by atoms with van der Waals surface area (Å²) in [6.45, 7) is 6.80. The summed E-state index contributed by atoms with van der Waals surface area (Å²) < 4.78 is 16.0. The van der Waals surface area contributed by atoms with Crippen molar-refractivity contribution in [3.8, 4) is 6.07 Å². The van der Waals surface area contributed by atoms with Gasteiger partial charge >= 0.3 is 0 Å². The van der Waals surface area contributed by atoms with Gasteiger partial charge in [-0.05, 0) is 38.1 Å². The lowest BCUT2D eigenvalue weighted by Gasteiger charge is -2.35. The molecule has 0 aliphatic carbocycles. The first-order valence-corrected chi connectivity index (χ1v) is 14.0. The second-order valence-electron chi connectivity index (χ2n) is 9.13. The summed E-state index contributed by atoms with van der Waals surface area (Å²) in [5.41, 5.74) is 0.114. The number of carbonyl (C=O) groups excluding carboxylic acids is 2. The molecule has 0 atom stereocenters. The van der Waals surface area contributed by atoms with E-state index in [9.17, 15) is 24.0 Å². The van der Waals surface area contributed by atoms with Crippen molar-refractivity contribution in [3.63, 3.8) is 0 Å². The third-order valence-electron chi connectivity index (χ3n) is 6.41. The van der Waals surface area contributed by atoms with Crippen molar-refractivity contribution < 1.29 is 14.0 Å². The SMILES string of the molecule is CCNC(=O)/C(C#N)=c1\s/c(=C/Nc2cccc(NC(=O)CN3CCN(c4ccccc4F)CC3)n2)c(=O)n1CC. The average Bonchev–Trinajstić information content (AvgIpc) is 3.28. The Labute approximate surface area is 240 Å². The van der Waals surface area contributed by atoms with Crippen LogP contribution in [-0.2, 0) is 16.1 Å². The largest absolute Gasteiger partial charge is 0.367 e. The highest BCUT2D eigenvalue weighted by atomic mass is 32.1. The number of para-hydroxylation sites is 1. The monoisotopic (exact) mass is 578 g/mol. The molecule has 41 heavy (non-hydrogen) atoms. The van der Waals surface area contributed by atoms with Gasteiger partial charge in [0, 0.05) is 45.5 Å². The lowest BCUT2D eigenvalue weighted by Crippen LogP contribution is -2.49. The Bertz CT molecular complexity index is 1640. The zero-order chi connectivity index (χ0) is 29.4. The molecule has 2 amide bonds. The van der Waals surface area contributed by atoms with E-state index in [0.717, 1.165) is 11.3 Å². The van der Waals surface area contributed by atoms with Crippen LogP contribution in [0.1, 0.15) is 13.8 Å². The van der Waals surface area contributed by atoms with Crippen LogP contribution >= 0.6 is 11.3 Å². The van der Waals surface area contributed by atoms with Crippen molar-refractivity contribution in [2.24, 2.45) is 0 Å². The number of pyridine rings is 1. The van der Waals surface area contributed by atoms with Crippen LogP contribution in [-0.4, -0.2) is 65.5 Å². The van der Waals surface area contributed by atoms with Gasteiger partial charge in [-0.3, -0.25) is 23.9 Å². The number of anilines is 3. The summed E-state index contributed by atoms with van der Waals surface area (Å²) in [4.78, 5) is 46.3. The summed E-state index contributed by atoms with van der Waals surface area (Å²) >= 11 is 1.04.